The fraction of sp³-hybridized carbons (Fsp3) is 0.346. The van der Waals surface area contributed by atoms with E-state index >= 15 is 0 Å². The van der Waals surface area contributed by atoms with Crippen molar-refractivity contribution in [3.05, 3.63) is 65.6 Å². The Morgan fingerprint density at radius 3 is 2.65 bits per heavy atom. The van der Waals surface area contributed by atoms with Gasteiger partial charge in [0.15, 0.2) is 0 Å². The Balaban J connectivity index is 1.62. The number of pyridine rings is 2. The predicted octanol–water partition coefficient (Wildman–Crippen LogP) is 4.32. The van der Waals surface area contributed by atoms with Gasteiger partial charge in [-0.25, -0.2) is 4.98 Å². The molecule has 0 saturated carbocycles. The Labute approximate surface area is 212 Å². The zero-order chi connectivity index (χ0) is 26.6. The molecule has 0 spiro atoms. The van der Waals surface area contributed by atoms with Crippen LogP contribution in [0.4, 0.5) is 24.5 Å². The van der Waals surface area contributed by atoms with E-state index in [1.807, 2.05) is 6.07 Å². The number of amides is 1. The fourth-order valence-electron chi connectivity index (χ4n) is 3.86. The second kappa shape index (κ2) is 11.1. The van der Waals surface area contributed by atoms with Crippen LogP contribution in [0, 0.1) is 6.92 Å². The molecule has 0 aliphatic carbocycles. The van der Waals surface area contributed by atoms with E-state index in [1.54, 1.807) is 26.1 Å². The normalized spacial score (nSPS) is 14.8. The van der Waals surface area contributed by atoms with E-state index in [4.69, 9.17) is 9.47 Å². The molecule has 1 aliphatic rings. The molecule has 3 aromatic rings. The maximum Gasteiger partial charge on any atom is 0.416 e. The molecule has 1 atom stereocenters. The summed E-state index contributed by atoms with van der Waals surface area (Å²) in [5, 5.41) is 12.3. The van der Waals surface area contributed by atoms with Crippen molar-refractivity contribution < 1.29 is 32.5 Å². The average molecular weight is 517 g/mol. The number of aliphatic hydroxyl groups excluding tert-OH is 1. The molecule has 8 nitrogen and oxygen atoms in total. The third-order valence-electron chi connectivity index (χ3n) is 5.75. The first-order chi connectivity index (χ1) is 17.6. The molecular formula is C26H27F3N4O4. The lowest BCUT2D eigenvalue weighted by molar-refractivity contribution is -0.137. The van der Waals surface area contributed by atoms with Crippen molar-refractivity contribution in [3.63, 3.8) is 0 Å². The second-order valence-electron chi connectivity index (χ2n) is 8.70. The predicted molar refractivity (Wildman–Crippen MR) is 132 cm³/mol. The van der Waals surface area contributed by atoms with Crippen LogP contribution in [0.5, 0.6) is 5.88 Å². The highest BCUT2D eigenvalue weighted by molar-refractivity contribution is 6.04. The highest BCUT2D eigenvalue weighted by Crippen LogP contribution is 2.34. The van der Waals surface area contributed by atoms with Crippen molar-refractivity contribution in [3.8, 4) is 17.0 Å². The molecule has 37 heavy (non-hydrogen) atoms. The number of aromatic nitrogens is 2. The van der Waals surface area contributed by atoms with E-state index < -0.39 is 23.8 Å². The Hall–Kier alpha value is -3.70. The number of hydrogen-bond donors (Lipinski definition) is 2. The molecule has 3 heterocycles. The minimum absolute atomic E-state index is 0.0846. The van der Waals surface area contributed by atoms with E-state index in [-0.39, 0.29) is 12.2 Å². The van der Waals surface area contributed by atoms with Gasteiger partial charge in [-0.3, -0.25) is 9.78 Å². The number of morpholine rings is 1. The fourth-order valence-corrected chi connectivity index (χ4v) is 3.86. The molecule has 2 aromatic heterocycles. The number of hydrogen-bond acceptors (Lipinski definition) is 7. The summed E-state index contributed by atoms with van der Waals surface area (Å²) in [6.07, 6.45) is -2.15. The summed E-state index contributed by atoms with van der Waals surface area (Å²) in [5.74, 6) is -0.303. The molecule has 0 unspecified atom stereocenters. The molecular weight excluding hydrogens is 489 g/mol. The zero-order valence-corrected chi connectivity index (χ0v) is 20.4. The van der Waals surface area contributed by atoms with Crippen LogP contribution in [0.3, 0.4) is 0 Å². The average Bonchev–Trinajstić information content (AvgIpc) is 2.88. The van der Waals surface area contributed by atoms with Crippen LogP contribution < -0.4 is 15.0 Å². The van der Waals surface area contributed by atoms with Gasteiger partial charge in [-0.05, 0) is 44.2 Å². The number of ether oxygens (including phenoxy) is 2. The molecule has 1 saturated heterocycles. The number of benzene rings is 1. The topological polar surface area (TPSA) is 96.8 Å². The van der Waals surface area contributed by atoms with Crippen molar-refractivity contribution >= 4 is 17.3 Å². The van der Waals surface area contributed by atoms with Gasteiger partial charge in [-0.15, -0.1) is 0 Å². The van der Waals surface area contributed by atoms with Crippen molar-refractivity contribution in [2.24, 2.45) is 0 Å². The highest BCUT2D eigenvalue weighted by Gasteiger charge is 2.31. The summed E-state index contributed by atoms with van der Waals surface area (Å²) in [4.78, 5) is 23.6. The first-order valence-electron chi connectivity index (χ1n) is 11.7. The van der Waals surface area contributed by atoms with Crippen LogP contribution in [0.2, 0.25) is 0 Å². The second-order valence-corrected chi connectivity index (χ2v) is 8.70. The van der Waals surface area contributed by atoms with Crippen LogP contribution in [0.1, 0.15) is 28.5 Å². The van der Waals surface area contributed by atoms with E-state index in [0.29, 0.717) is 54.7 Å². The number of halogens is 3. The van der Waals surface area contributed by atoms with Gasteiger partial charge in [0.25, 0.3) is 5.91 Å². The SMILES string of the molecule is Cc1ncc(NC(=O)c2cccc(C(F)(F)F)c2)cc1-c1cnc(OC[C@H](C)O)c(N2CCOCC2)c1. The Bertz CT molecular complexity index is 1260. The summed E-state index contributed by atoms with van der Waals surface area (Å²) >= 11 is 0. The number of aryl methyl sites for hydroxylation is 1. The Kier molecular flexibility index (Phi) is 7.94. The van der Waals surface area contributed by atoms with E-state index in [1.165, 1.54) is 18.3 Å². The van der Waals surface area contributed by atoms with Gasteiger partial charge >= 0.3 is 6.18 Å². The van der Waals surface area contributed by atoms with Crippen LogP contribution in [0.25, 0.3) is 11.1 Å². The first-order valence-corrected chi connectivity index (χ1v) is 11.7. The molecule has 11 heteroatoms. The molecule has 196 valence electrons. The number of aliphatic hydroxyl groups is 1. The lowest BCUT2D eigenvalue weighted by Gasteiger charge is -2.30. The number of nitrogens with zero attached hydrogens (tertiary/aromatic N) is 3. The third kappa shape index (κ3) is 6.55. The van der Waals surface area contributed by atoms with Crippen LogP contribution in [-0.2, 0) is 10.9 Å². The lowest BCUT2D eigenvalue weighted by Crippen LogP contribution is -2.36. The highest BCUT2D eigenvalue weighted by atomic mass is 19.4. The molecule has 4 rings (SSSR count). The van der Waals surface area contributed by atoms with E-state index in [0.717, 1.165) is 17.8 Å². The van der Waals surface area contributed by atoms with Crippen molar-refractivity contribution in [2.75, 3.05) is 43.1 Å². The first kappa shape index (κ1) is 26.4. The molecule has 0 radical (unpaired) electrons. The molecule has 0 bridgehead atoms. The molecule has 1 aromatic carbocycles. The molecule has 1 aliphatic heterocycles. The maximum absolute atomic E-state index is 13.0. The summed E-state index contributed by atoms with van der Waals surface area (Å²) in [5.41, 5.74) is 2.11. The quantitative estimate of drug-likeness (QED) is 0.483. The van der Waals surface area contributed by atoms with Gasteiger partial charge in [0.1, 0.15) is 12.3 Å². The summed E-state index contributed by atoms with van der Waals surface area (Å²) < 4.78 is 50.3. The molecule has 1 amide bonds. The number of carbonyl (C=O) groups is 1. The van der Waals surface area contributed by atoms with E-state index in [2.05, 4.69) is 20.2 Å². The minimum Gasteiger partial charge on any atom is -0.473 e. The number of rotatable bonds is 7. The van der Waals surface area contributed by atoms with Crippen LogP contribution in [-0.4, -0.2) is 60.0 Å². The number of nitrogens with one attached hydrogen (secondary N) is 1. The maximum atomic E-state index is 13.0. The van der Waals surface area contributed by atoms with Gasteiger partial charge < -0.3 is 24.8 Å². The minimum atomic E-state index is -4.55. The number of anilines is 2. The van der Waals surface area contributed by atoms with Gasteiger partial charge in [0.05, 0.1) is 36.8 Å². The lowest BCUT2D eigenvalue weighted by atomic mass is 10.0. The molecule has 2 N–H and O–H groups in total. The van der Waals surface area contributed by atoms with Gasteiger partial charge in [0.2, 0.25) is 5.88 Å². The van der Waals surface area contributed by atoms with Crippen LogP contribution in [0.15, 0.2) is 48.8 Å². The van der Waals surface area contributed by atoms with Crippen molar-refractivity contribution in [1.82, 2.24) is 9.97 Å². The molecule has 1 fully saturated rings. The monoisotopic (exact) mass is 516 g/mol. The standard InChI is InChI=1S/C26H27F3N4O4/c1-16(34)15-37-25-23(33-6-8-36-9-7-33)11-19(13-31-25)22-12-21(14-30-17(22)2)32-24(35)18-4-3-5-20(10-18)26(27,28)29/h3-5,10-14,16,34H,6-9,15H2,1-2H3,(H,32,35)/t16-/m0/s1. The van der Waals surface area contributed by atoms with Gasteiger partial charge in [-0.1, -0.05) is 6.07 Å². The van der Waals surface area contributed by atoms with Crippen LogP contribution >= 0.6 is 0 Å². The van der Waals surface area contributed by atoms with Crippen molar-refractivity contribution in [1.29, 1.82) is 0 Å². The summed E-state index contributed by atoms with van der Waals surface area (Å²) in [6, 6.07) is 7.83. The number of alkyl halides is 3. The third-order valence-corrected chi connectivity index (χ3v) is 5.75. The Morgan fingerprint density at radius 2 is 1.95 bits per heavy atom. The van der Waals surface area contributed by atoms with Crippen molar-refractivity contribution in [2.45, 2.75) is 26.1 Å². The van der Waals surface area contributed by atoms with E-state index in [9.17, 15) is 23.1 Å². The summed E-state index contributed by atoms with van der Waals surface area (Å²) in [7, 11) is 0. The van der Waals surface area contributed by atoms with Gasteiger partial charge in [-0.2, -0.15) is 13.2 Å². The summed E-state index contributed by atoms with van der Waals surface area (Å²) in [6.45, 7) is 5.90. The largest absolute Gasteiger partial charge is 0.473 e. The van der Waals surface area contributed by atoms with Gasteiger partial charge in [0, 0.05) is 41.7 Å². The Morgan fingerprint density at radius 1 is 1.19 bits per heavy atom. The number of carbonyl (C=O) groups excluding carboxylic acids is 1. The zero-order valence-electron chi connectivity index (χ0n) is 20.4. The smallest absolute Gasteiger partial charge is 0.416 e.